The Bertz CT molecular complexity index is 487. The zero-order valence-electron chi connectivity index (χ0n) is 12.6. The average molecular weight is 355 g/mol. The lowest BCUT2D eigenvalue weighted by atomic mass is 10.2. The summed E-state index contributed by atoms with van der Waals surface area (Å²) in [5.74, 6) is 1.31. The van der Waals surface area contributed by atoms with Crippen LogP contribution >= 0.6 is 15.9 Å². The third-order valence-electron chi connectivity index (χ3n) is 3.20. The van der Waals surface area contributed by atoms with Crippen LogP contribution in [0.5, 0.6) is 5.75 Å². The Morgan fingerprint density at radius 2 is 2.19 bits per heavy atom. The minimum Gasteiger partial charge on any atom is -0.484 e. The maximum atomic E-state index is 11.6. The average Bonchev–Trinajstić information content (AvgIpc) is 3.23. The van der Waals surface area contributed by atoms with Crippen LogP contribution in [-0.4, -0.2) is 25.1 Å². The fraction of sp³-hybridized carbons (Fsp3) is 0.562. The van der Waals surface area contributed by atoms with Crippen molar-refractivity contribution in [1.29, 1.82) is 0 Å². The molecule has 0 heterocycles. The van der Waals surface area contributed by atoms with Crippen LogP contribution in [0.1, 0.15) is 32.3 Å². The van der Waals surface area contributed by atoms with Gasteiger partial charge in [-0.15, -0.1) is 0 Å². The normalized spacial score (nSPS) is 14.3. The molecule has 21 heavy (non-hydrogen) atoms. The first-order valence-corrected chi connectivity index (χ1v) is 8.25. The number of rotatable bonds is 8. The summed E-state index contributed by atoms with van der Waals surface area (Å²) >= 11 is 3.54. The standard InChI is InChI=1S/C16H23BrN2O2/c1-11(2)8-18-9-12-7-14(5-6-15(12)17)21-10-16(20)19-13-3-4-13/h5-7,11,13,18H,3-4,8-10H2,1-2H3,(H,19,20). The minimum atomic E-state index is -0.0418. The molecule has 5 heteroatoms. The number of halogens is 1. The molecule has 0 aromatic heterocycles. The molecule has 0 saturated heterocycles. The molecule has 1 aromatic rings. The summed E-state index contributed by atoms with van der Waals surface area (Å²) in [6.45, 7) is 6.20. The van der Waals surface area contributed by atoms with Crippen molar-refractivity contribution >= 4 is 21.8 Å². The van der Waals surface area contributed by atoms with E-state index in [1.165, 1.54) is 0 Å². The number of hydrogen-bond donors (Lipinski definition) is 2. The van der Waals surface area contributed by atoms with Crippen molar-refractivity contribution in [3.63, 3.8) is 0 Å². The summed E-state index contributed by atoms with van der Waals surface area (Å²) in [6.07, 6.45) is 2.19. The van der Waals surface area contributed by atoms with Gasteiger partial charge in [0.05, 0.1) is 0 Å². The van der Waals surface area contributed by atoms with Gasteiger partial charge < -0.3 is 15.4 Å². The maximum absolute atomic E-state index is 11.6. The van der Waals surface area contributed by atoms with E-state index in [4.69, 9.17) is 4.74 Å². The maximum Gasteiger partial charge on any atom is 0.258 e. The molecule has 0 aliphatic heterocycles. The van der Waals surface area contributed by atoms with Crippen molar-refractivity contribution in [3.8, 4) is 5.75 Å². The molecule has 0 spiro atoms. The van der Waals surface area contributed by atoms with E-state index in [0.717, 1.165) is 41.7 Å². The first-order chi connectivity index (χ1) is 10.0. The molecule has 116 valence electrons. The van der Waals surface area contributed by atoms with Crippen LogP contribution in [0.2, 0.25) is 0 Å². The van der Waals surface area contributed by atoms with Crippen molar-refractivity contribution in [2.24, 2.45) is 5.92 Å². The molecule has 4 nitrogen and oxygen atoms in total. The van der Waals surface area contributed by atoms with Crippen LogP contribution in [0.25, 0.3) is 0 Å². The van der Waals surface area contributed by atoms with Crippen molar-refractivity contribution in [1.82, 2.24) is 10.6 Å². The molecule has 1 amide bonds. The fourth-order valence-corrected chi connectivity index (χ4v) is 2.30. The highest BCUT2D eigenvalue weighted by molar-refractivity contribution is 9.10. The van der Waals surface area contributed by atoms with Crippen LogP contribution in [0.4, 0.5) is 0 Å². The zero-order chi connectivity index (χ0) is 15.2. The van der Waals surface area contributed by atoms with Gasteiger partial charge in [0, 0.05) is 17.1 Å². The largest absolute Gasteiger partial charge is 0.484 e. The Hall–Kier alpha value is -1.07. The predicted octanol–water partition coefficient (Wildman–Crippen LogP) is 2.85. The van der Waals surface area contributed by atoms with Gasteiger partial charge in [-0.1, -0.05) is 29.8 Å². The molecule has 1 aliphatic carbocycles. The third kappa shape index (κ3) is 6.06. The van der Waals surface area contributed by atoms with Gasteiger partial charge in [-0.2, -0.15) is 0 Å². The highest BCUT2D eigenvalue weighted by Crippen LogP contribution is 2.23. The molecule has 1 fully saturated rings. The Morgan fingerprint density at radius 3 is 2.86 bits per heavy atom. The molecular weight excluding hydrogens is 332 g/mol. The number of carbonyl (C=O) groups excluding carboxylic acids is 1. The number of benzene rings is 1. The Balaban J connectivity index is 1.83. The van der Waals surface area contributed by atoms with Crippen molar-refractivity contribution in [3.05, 3.63) is 28.2 Å². The van der Waals surface area contributed by atoms with E-state index in [9.17, 15) is 4.79 Å². The molecule has 0 unspecified atom stereocenters. The first-order valence-electron chi connectivity index (χ1n) is 7.46. The summed E-state index contributed by atoms with van der Waals surface area (Å²) < 4.78 is 6.61. The molecule has 2 N–H and O–H groups in total. The second kappa shape index (κ2) is 7.80. The van der Waals surface area contributed by atoms with Crippen molar-refractivity contribution in [2.45, 2.75) is 39.3 Å². The lowest BCUT2D eigenvalue weighted by molar-refractivity contribution is -0.123. The van der Waals surface area contributed by atoms with Crippen molar-refractivity contribution < 1.29 is 9.53 Å². The molecule has 0 bridgehead atoms. The van der Waals surface area contributed by atoms with Gasteiger partial charge >= 0.3 is 0 Å². The second-order valence-electron chi connectivity index (χ2n) is 5.91. The van der Waals surface area contributed by atoms with Crippen LogP contribution in [0.15, 0.2) is 22.7 Å². The number of carbonyl (C=O) groups is 1. The van der Waals surface area contributed by atoms with Gasteiger partial charge in [-0.05, 0) is 49.1 Å². The second-order valence-corrected chi connectivity index (χ2v) is 6.76. The van der Waals surface area contributed by atoms with Crippen LogP contribution in [0, 0.1) is 5.92 Å². The van der Waals surface area contributed by atoms with E-state index in [1.54, 1.807) is 0 Å². The van der Waals surface area contributed by atoms with Crippen LogP contribution < -0.4 is 15.4 Å². The molecule has 1 saturated carbocycles. The molecule has 0 radical (unpaired) electrons. The van der Waals surface area contributed by atoms with E-state index in [2.05, 4.69) is 40.4 Å². The number of nitrogens with one attached hydrogen (secondary N) is 2. The number of ether oxygens (including phenoxy) is 1. The fourth-order valence-electron chi connectivity index (χ4n) is 1.92. The Kier molecular flexibility index (Phi) is 6.06. The molecule has 1 aromatic carbocycles. The van der Waals surface area contributed by atoms with Gasteiger partial charge in [0.1, 0.15) is 5.75 Å². The number of amides is 1. The Labute approximate surface area is 134 Å². The van der Waals surface area contributed by atoms with Gasteiger partial charge in [0.15, 0.2) is 6.61 Å². The summed E-state index contributed by atoms with van der Waals surface area (Å²) in [5.41, 5.74) is 1.13. The van der Waals surface area contributed by atoms with Gasteiger partial charge in [-0.25, -0.2) is 0 Å². The van der Waals surface area contributed by atoms with Crippen LogP contribution in [-0.2, 0) is 11.3 Å². The van der Waals surface area contributed by atoms with E-state index >= 15 is 0 Å². The third-order valence-corrected chi connectivity index (χ3v) is 3.97. The van der Waals surface area contributed by atoms with Gasteiger partial charge in [0.2, 0.25) is 0 Å². The van der Waals surface area contributed by atoms with E-state index in [0.29, 0.717) is 12.0 Å². The highest BCUT2D eigenvalue weighted by Gasteiger charge is 2.23. The first kappa shape index (κ1) is 16.3. The van der Waals surface area contributed by atoms with E-state index in [1.807, 2.05) is 18.2 Å². The smallest absolute Gasteiger partial charge is 0.258 e. The molecular formula is C16H23BrN2O2. The summed E-state index contributed by atoms with van der Waals surface area (Å²) in [4.78, 5) is 11.6. The summed E-state index contributed by atoms with van der Waals surface area (Å²) in [7, 11) is 0. The van der Waals surface area contributed by atoms with Crippen molar-refractivity contribution in [2.75, 3.05) is 13.2 Å². The lowest BCUT2D eigenvalue weighted by Crippen LogP contribution is -2.30. The predicted molar refractivity (Wildman–Crippen MR) is 87.3 cm³/mol. The minimum absolute atomic E-state index is 0.0418. The lowest BCUT2D eigenvalue weighted by Gasteiger charge is -2.12. The zero-order valence-corrected chi connectivity index (χ0v) is 14.2. The summed E-state index contributed by atoms with van der Waals surface area (Å²) in [6, 6.07) is 6.18. The molecule has 1 aliphatic rings. The SMILES string of the molecule is CC(C)CNCc1cc(OCC(=O)NC2CC2)ccc1Br. The van der Waals surface area contributed by atoms with Crippen LogP contribution in [0.3, 0.4) is 0 Å². The quantitative estimate of drug-likeness (QED) is 0.754. The molecule has 2 rings (SSSR count). The van der Waals surface area contributed by atoms with E-state index in [-0.39, 0.29) is 12.5 Å². The Morgan fingerprint density at radius 1 is 1.43 bits per heavy atom. The monoisotopic (exact) mass is 354 g/mol. The molecule has 0 atom stereocenters. The summed E-state index contributed by atoms with van der Waals surface area (Å²) in [5, 5.41) is 6.31. The highest BCUT2D eigenvalue weighted by atomic mass is 79.9. The van der Waals surface area contributed by atoms with Gasteiger partial charge in [-0.3, -0.25) is 4.79 Å². The van der Waals surface area contributed by atoms with E-state index < -0.39 is 0 Å². The number of hydrogen-bond acceptors (Lipinski definition) is 3. The van der Waals surface area contributed by atoms with Gasteiger partial charge in [0.25, 0.3) is 5.91 Å². The topological polar surface area (TPSA) is 50.4 Å².